The van der Waals surface area contributed by atoms with Gasteiger partial charge in [-0.1, -0.05) is 12.5 Å². The van der Waals surface area contributed by atoms with E-state index in [4.69, 9.17) is 0 Å². The second-order valence-electron chi connectivity index (χ2n) is 3.46. The number of carbonyl (C=O) groups is 1. The normalized spacial score (nSPS) is 23.2. The van der Waals surface area contributed by atoms with Crippen LogP contribution in [0.15, 0.2) is 12.7 Å². The summed E-state index contributed by atoms with van der Waals surface area (Å²) >= 11 is 0. The van der Waals surface area contributed by atoms with Gasteiger partial charge < -0.3 is 10.6 Å². The van der Waals surface area contributed by atoms with Gasteiger partial charge >= 0.3 is 0 Å². The first-order valence-electron chi connectivity index (χ1n) is 4.94. The Labute approximate surface area is 79.6 Å². The Bertz CT molecular complexity index is 172. The fourth-order valence-corrected chi connectivity index (χ4v) is 1.56. The molecule has 0 aromatic rings. The Morgan fingerprint density at radius 3 is 3.23 bits per heavy atom. The lowest BCUT2D eigenvalue weighted by Gasteiger charge is -2.15. The molecule has 0 aliphatic carbocycles. The molecule has 1 atom stereocenters. The summed E-state index contributed by atoms with van der Waals surface area (Å²) in [6, 6.07) is 0.315. The van der Waals surface area contributed by atoms with Crippen LogP contribution >= 0.6 is 0 Å². The molecule has 13 heavy (non-hydrogen) atoms. The Kier molecular flexibility index (Phi) is 4.54. The van der Waals surface area contributed by atoms with E-state index in [1.54, 1.807) is 6.08 Å². The van der Waals surface area contributed by atoms with Crippen molar-refractivity contribution >= 4 is 5.91 Å². The SMILES string of the molecule is C=CCC(=O)NC1CCCCNC1. The van der Waals surface area contributed by atoms with Crippen molar-refractivity contribution in [1.82, 2.24) is 10.6 Å². The summed E-state index contributed by atoms with van der Waals surface area (Å²) in [6.45, 7) is 5.52. The van der Waals surface area contributed by atoms with Crippen molar-refractivity contribution < 1.29 is 4.79 Å². The topological polar surface area (TPSA) is 41.1 Å². The van der Waals surface area contributed by atoms with Gasteiger partial charge in [-0.2, -0.15) is 0 Å². The van der Waals surface area contributed by atoms with Gasteiger partial charge in [-0.25, -0.2) is 0 Å². The highest BCUT2D eigenvalue weighted by molar-refractivity contribution is 5.77. The van der Waals surface area contributed by atoms with Gasteiger partial charge in [0.2, 0.25) is 5.91 Å². The van der Waals surface area contributed by atoms with Gasteiger partial charge in [0, 0.05) is 19.0 Å². The smallest absolute Gasteiger partial charge is 0.224 e. The molecule has 1 aliphatic rings. The van der Waals surface area contributed by atoms with Crippen LogP contribution < -0.4 is 10.6 Å². The lowest BCUT2D eigenvalue weighted by molar-refractivity contribution is -0.120. The molecule has 0 spiro atoms. The molecule has 3 heteroatoms. The minimum Gasteiger partial charge on any atom is -0.352 e. The van der Waals surface area contributed by atoms with Crippen molar-refractivity contribution in [2.24, 2.45) is 0 Å². The van der Waals surface area contributed by atoms with Crippen LogP contribution in [0.4, 0.5) is 0 Å². The summed E-state index contributed by atoms with van der Waals surface area (Å²) in [5.41, 5.74) is 0. The summed E-state index contributed by atoms with van der Waals surface area (Å²) in [4.78, 5) is 11.2. The van der Waals surface area contributed by atoms with Crippen LogP contribution in [0.25, 0.3) is 0 Å². The van der Waals surface area contributed by atoms with Crippen LogP contribution in [0.2, 0.25) is 0 Å². The van der Waals surface area contributed by atoms with Crippen LogP contribution in [0.3, 0.4) is 0 Å². The number of rotatable bonds is 3. The van der Waals surface area contributed by atoms with E-state index in [1.807, 2.05) is 0 Å². The molecule has 0 radical (unpaired) electrons. The molecule has 1 rings (SSSR count). The molecule has 1 heterocycles. The van der Waals surface area contributed by atoms with Gasteiger partial charge in [-0.15, -0.1) is 6.58 Å². The minimum absolute atomic E-state index is 0.0868. The van der Waals surface area contributed by atoms with Crippen molar-refractivity contribution in [1.29, 1.82) is 0 Å². The first-order valence-corrected chi connectivity index (χ1v) is 4.94. The zero-order valence-electron chi connectivity index (χ0n) is 8.01. The van der Waals surface area contributed by atoms with Gasteiger partial charge in [0.25, 0.3) is 0 Å². The second kappa shape index (κ2) is 5.75. The number of carbonyl (C=O) groups excluding carboxylic acids is 1. The summed E-state index contributed by atoms with van der Waals surface area (Å²) in [5, 5.41) is 6.29. The van der Waals surface area contributed by atoms with Crippen LogP contribution in [-0.2, 0) is 4.79 Å². The molecule has 0 aromatic carbocycles. The second-order valence-corrected chi connectivity index (χ2v) is 3.46. The highest BCUT2D eigenvalue weighted by Gasteiger charge is 2.12. The molecule has 0 saturated carbocycles. The van der Waals surface area contributed by atoms with Gasteiger partial charge in [-0.05, 0) is 19.4 Å². The van der Waals surface area contributed by atoms with E-state index in [9.17, 15) is 4.79 Å². The summed E-state index contributed by atoms with van der Waals surface area (Å²) in [5.74, 6) is 0.0868. The predicted molar refractivity (Wildman–Crippen MR) is 53.5 cm³/mol. The van der Waals surface area contributed by atoms with Crippen LogP contribution in [-0.4, -0.2) is 25.0 Å². The number of nitrogens with one attached hydrogen (secondary N) is 2. The summed E-state index contributed by atoms with van der Waals surface area (Å²) in [6.07, 6.45) is 5.58. The Morgan fingerprint density at radius 1 is 1.62 bits per heavy atom. The zero-order chi connectivity index (χ0) is 9.52. The van der Waals surface area contributed by atoms with Gasteiger partial charge in [0.05, 0.1) is 0 Å². The fourth-order valence-electron chi connectivity index (χ4n) is 1.56. The van der Waals surface area contributed by atoms with Crippen molar-refractivity contribution in [2.45, 2.75) is 31.7 Å². The molecule has 1 amide bonds. The third kappa shape index (κ3) is 4.08. The van der Waals surface area contributed by atoms with Crippen molar-refractivity contribution in [2.75, 3.05) is 13.1 Å². The maximum absolute atomic E-state index is 11.2. The van der Waals surface area contributed by atoms with Gasteiger partial charge in [0.15, 0.2) is 0 Å². The van der Waals surface area contributed by atoms with E-state index in [0.29, 0.717) is 12.5 Å². The van der Waals surface area contributed by atoms with Crippen molar-refractivity contribution in [3.63, 3.8) is 0 Å². The molecule has 74 valence electrons. The average molecular weight is 182 g/mol. The van der Waals surface area contributed by atoms with E-state index in [-0.39, 0.29) is 5.91 Å². The Morgan fingerprint density at radius 2 is 2.46 bits per heavy atom. The predicted octanol–water partition coefficient (Wildman–Crippen LogP) is 0.821. The van der Waals surface area contributed by atoms with Crippen molar-refractivity contribution in [3.05, 3.63) is 12.7 Å². The molecule has 1 unspecified atom stereocenters. The average Bonchev–Trinajstić information content (AvgIpc) is 2.33. The molecule has 1 fully saturated rings. The van der Waals surface area contributed by atoms with E-state index in [2.05, 4.69) is 17.2 Å². The largest absolute Gasteiger partial charge is 0.352 e. The molecule has 0 bridgehead atoms. The summed E-state index contributed by atoms with van der Waals surface area (Å²) < 4.78 is 0. The monoisotopic (exact) mass is 182 g/mol. The lowest BCUT2D eigenvalue weighted by atomic mass is 10.1. The molecule has 1 saturated heterocycles. The van der Waals surface area contributed by atoms with Crippen LogP contribution in [0.1, 0.15) is 25.7 Å². The zero-order valence-corrected chi connectivity index (χ0v) is 8.01. The Balaban J connectivity index is 2.25. The quantitative estimate of drug-likeness (QED) is 0.634. The van der Waals surface area contributed by atoms with E-state index in [0.717, 1.165) is 19.5 Å². The maximum atomic E-state index is 11.2. The maximum Gasteiger partial charge on any atom is 0.224 e. The number of hydrogen-bond acceptors (Lipinski definition) is 2. The van der Waals surface area contributed by atoms with E-state index < -0.39 is 0 Å². The third-order valence-electron chi connectivity index (χ3n) is 2.24. The van der Waals surface area contributed by atoms with Crippen molar-refractivity contribution in [3.8, 4) is 0 Å². The molecule has 1 aliphatic heterocycles. The minimum atomic E-state index is 0.0868. The third-order valence-corrected chi connectivity index (χ3v) is 2.24. The van der Waals surface area contributed by atoms with E-state index >= 15 is 0 Å². The molecular weight excluding hydrogens is 164 g/mol. The number of amides is 1. The number of hydrogen-bond donors (Lipinski definition) is 2. The van der Waals surface area contributed by atoms with Gasteiger partial charge in [0.1, 0.15) is 0 Å². The van der Waals surface area contributed by atoms with Crippen LogP contribution in [0.5, 0.6) is 0 Å². The Hall–Kier alpha value is -0.830. The van der Waals surface area contributed by atoms with Gasteiger partial charge in [-0.3, -0.25) is 4.79 Å². The standard InChI is InChI=1S/C10H18N2O/c1-2-5-10(13)12-9-6-3-4-7-11-8-9/h2,9,11H,1,3-8H2,(H,12,13). The highest BCUT2D eigenvalue weighted by Crippen LogP contribution is 2.03. The molecule has 3 nitrogen and oxygen atoms in total. The molecular formula is C10H18N2O. The highest BCUT2D eigenvalue weighted by atomic mass is 16.1. The molecule has 2 N–H and O–H groups in total. The van der Waals surface area contributed by atoms with E-state index in [1.165, 1.54) is 12.8 Å². The van der Waals surface area contributed by atoms with Crippen LogP contribution in [0, 0.1) is 0 Å². The fraction of sp³-hybridized carbons (Fsp3) is 0.700. The first-order chi connectivity index (χ1) is 6.33. The summed E-state index contributed by atoms with van der Waals surface area (Å²) in [7, 11) is 0. The molecule has 0 aromatic heterocycles. The first kappa shape index (κ1) is 10.3. The lowest BCUT2D eigenvalue weighted by Crippen LogP contribution is -2.40.